The second kappa shape index (κ2) is 8.75. The molecule has 7 heteroatoms. The minimum absolute atomic E-state index is 0.285. The van der Waals surface area contributed by atoms with E-state index in [0.717, 1.165) is 57.6 Å². The Morgan fingerprint density at radius 1 is 1.36 bits per heavy atom. The number of nitrogens with one attached hydrogen (secondary N) is 1. The van der Waals surface area contributed by atoms with Crippen LogP contribution in [0.3, 0.4) is 0 Å². The molecule has 1 atom stereocenters. The summed E-state index contributed by atoms with van der Waals surface area (Å²) in [6.07, 6.45) is 0. The monoisotopic (exact) mass is 382 g/mol. The van der Waals surface area contributed by atoms with Gasteiger partial charge in [-0.15, -0.1) is 11.3 Å². The van der Waals surface area contributed by atoms with Crippen LogP contribution in [-0.2, 0) is 4.74 Å². The van der Waals surface area contributed by atoms with Gasteiger partial charge in [-0.2, -0.15) is 11.8 Å². The first-order valence-electron chi connectivity index (χ1n) is 9.04. The van der Waals surface area contributed by atoms with Crippen molar-refractivity contribution in [1.82, 2.24) is 15.1 Å². The van der Waals surface area contributed by atoms with Gasteiger partial charge in [-0.05, 0) is 25.3 Å². The highest BCUT2D eigenvalue weighted by molar-refractivity contribution is 8.00. The molecule has 0 radical (unpaired) electrons. The Morgan fingerprint density at radius 3 is 2.80 bits per heavy atom. The number of hydrogen-bond donors (Lipinski definition) is 1. The lowest BCUT2D eigenvalue weighted by molar-refractivity contribution is 0.0176. The summed E-state index contributed by atoms with van der Waals surface area (Å²) < 4.78 is 5.82. The zero-order valence-electron chi connectivity index (χ0n) is 15.5. The maximum atomic E-state index is 5.54. The highest BCUT2D eigenvalue weighted by atomic mass is 32.2. The highest BCUT2D eigenvalue weighted by Crippen LogP contribution is 2.30. The first kappa shape index (κ1) is 19.0. The van der Waals surface area contributed by atoms with Crippen LogP contribution >= 0.6 is 23.1 Å². The minimum Gasteiger partial charge on any atom is -0.379 e. The van der Waals surface area contributed by atoms with Gasteiger partial charge in [0, 0.05) is 55.1 Å². The van der Waals surface area contributed by atoms with E-state index in [4.69, 9.17) is 4.74 Å². The average Bonchev–Trinajstić information content (AvgIpc) is 3.13. The third kappa shape index (κ3) is 5.12. The number of thiophene rings is 1. The maximum Gasteiger partial charge on any atom is 0.193 e. The molecule has 5 nitrogen and oxygen atoms in total. The van der Waals surface area contributed by atoms with Crippen LogP contribution in [0.25, 0.3) is 0 Å². The topological polar surface area (TPSA) is 40.1 Å². The normalized spacial score (nSPS) is 23.5. The lowest BCUT2D eigenvalue weighted by Gasteiger charge is -2.40. The molecule has 3 heterocycles. The van der Waals surface area contributed by atoms with Gasteiger partial charge in [0.25, 0.3) is 0 Å². The van der Waals surface area contributed by atoms with Crippen molar-refractivity contribution < 1.29 is 4.74 Å². The molecule has 0 spiro atoms. The fourth-order valence-electron chi connectivity index (χ4n) is 3.50. The molecule has 1 aromatic rings. The van der Waals surface area contributed by atoms with E-state index in [1.54, 1.807) is 0 Å². The van der Waals surface area contributed by atoms with Gasteiger partial charge in [0.1, 0.15) is 0 Å². The van der Waals surface area contributed by atoms with Gasteiger partial charge in [0.05, 0.1) is 19.3 Å². The van der Waals surface area contributed by atoms with Crippen LogP contribution in [0.2, 0.25) is 0 Å². The number of thioether (sulfide) groups is 1. The third-order valence-corrected chi connectivity index (χ3v) is 7.02. The van der Waals surface area contributed by atoms with Crippen molar-refractivity contribution in [3.8, 4) is 0 Å². The first-order valence-corrected chi connectivity index (χ1v) is 10.9. The van der Waals surface area contributed by atoms with Crippen LogP contribution in [0.4, 0.5) is 0 Å². The van der Waals surface area contributed by atoms with Gasteiger partial charge >= 0.3 is 0 Å². The Hall–Kier alpha value is -0.760. The third-order valence-electron chi connectivity index (χ3n) is 4.75. The summed E-state index contributed by atoms with van der Waals surface area (Å²) in [5.41, 5.74) is 0. The van der Waals surface area contributed by atoms with Crippen LogP contribution in [0, 0.1) is 0 Å². The van der Waals surface area contributed by atoms with Crippen LogP contribution < -0.4 is 5.32 Å². The molecule has 0 saturated carbocycles. The van der Waals surface area contributed by atoms with Crippen LogP contribution in [-0.4, -0.2) is 79.2 Å². The van der Waals surface area contributed by atoms with E-state index in [1.165, 1.54) is 4.88 Å². The number of rotatable bonds is 4. The summed E-state index contributed by atoms with van der Waals surface area (Å²) in [7, 11) is 1.89. The van der Waals surface area contributed by atoms with E-state index in [9.17, 15) is 0 Å². The highest BCUT2D eigenvalue weighted by Gasteiger charge is 2.30. The zero-order chi connectivity index (χ0) is 17.7. The standard InChI is InChI=1S/C18H30N4OS2/c1-18(2)14-22(8-12-25-18)17(19-3)20-13-15(16-5-4-11-24-16)21-6-9-23-10-7-21/h4-5,11,15H,6-10,12-14H2,1-3H3,(H,19,20). The Morgan fingerprint density at radius 2 is 2.16 bits per heavy atom. The molecule has 3 rings (SSSR count). The number of aliphatic imine (C=N–C) groups is 1. The van der Waals surface area contributed by atoms with Crippen molar-refractivity contribution in [2.24, 2.45) is 4.99 Å². The second-order valence-electron chi connectivity index (χ2n) is 7.14. The van der Waals surface area contributed by atoms with Crippen LogP contribution in [0.1, 0.15) is 24.8 Å². The van der Waals surface area contributed by atoms with Crippen LogP contribution in [0.15, 0.2) is 22.5 Å². The molecular weight excluding hydrogens is 352 g/mol. The van der Waals surface area contributed by atoms with Gasteiger partial charge in [0.2, 0.25) is 0 Å². The molecule has 2 aliphatic heterocycles. The SMILES string of the molecule is CN=C(NCC(c1cccs1)N1CCOCC1)N1CCSC(C)(C)C1. The smallest absolute Gasteiger partial charge is 0.193 e. The van der Waals surface area contributed by atoms with Gasteiger partial charge in [-0.3, -0.25) is 9.89 Å². The number of guanidine groups is 1. The van der Waals surface area contributed by atoms with Gasteiger partial charge in [-0.25, -0.2) is 0 Å². The molecule has 25 heavy (non-hydrogen) atoms. The predicted molar refractivity (Wildman–Crippen MR) is 109 cm³/mol. The lowest BCUT2D eigenvalue weighted by Crippen LogP contribution is -2.52. The summed E-state index contributed by atoms with van der Waals surface area (Å²) in [6.45, 7) is 11.3. The van der Waals surface area contributed by atoms with Gasteiger partial charge in [-0.1, -0.05) is 6.07 Å². The van der Waals surface area contributed by atoms with E-state index in [2.05, 4.69) is 63.2 Å². The largest absolute Gasteiger partial charge is 0.379 e. The number of morpholine rings is 1. The molecule has 2 fully saturated rings. The lowest BCUT2D eigenvalue weighted by atomic mass is 10.1. The van der Waals surface area contributed by atoms with E-state index in [0.29, 0.717) is 6.04 Å². The molecule has 0 amide bonds. The van der Waals surface area contributed by atoms with E-state index < -0.39 is 0 Å². The molecule has 140 valence electrons. The van der Waals surface area contributed by atoms with E-state index >= 15 is 0 Å². The molecule has 0 aromatic carbocycles. The van der Waals surface area contributed by atoms with Crippen LogP contribution in [0.5, 0.6) is 0 Å². The van der Waals surface area contributed by atoms with Gasteiger partial charge < -0.3 is 15.0 Å². The summed E-state index contributed by atoms with van der Waals surface area (Å²) in [4.78, 5) is 10.9. The van der Waals surface area contributed by atoms with Gasteiger partial charge in [0.15, 0.2) is 5.96 Å². The van der Waals surface area contributed by atoms with Crippen molar-refractivity contribution in [2.75, 3.05) is 58.7 Å². The fourth-order valence-corrected chi connectivity index (χ4v) is 5.47. The van der Waals surface area contributed by atoms with E-state index in [1.807, 2.05) is 18.4 Å². The van der Waals surface area contributed by atoms with Crippen molar-refractivity contribution in [3.63, 3.8) is 0 Å². The molecule has 1 aromatic heterocycles. The predicted octanol–water partition coefficient (Wildman–Crippen LogP) is 2.52. The Labute approximate surface area is 159 Å². The van der Waals surface area contributed by atoms with E-state index in [-0.39, 0.29) is 4.75 Å². The van der Waals surface area contributed by atoms with Crippen molar-refractivity contribution >= 4 is 29.1 Å². The summed E-state index contributed by atoms with van der Waals surface area (Å²) in [5, 5.41) is 5.82. The number of ether oxygens (including phenoxy) is 1. The molecule has 1 unspecified atom stereocenters. The number of nitrogens with zero attached hydrogens (tertiary/aromatic N) is 3. The molecule has 2 saturated heterocycles. The molecule has 0 bridgehead atoms. The first-order chi connectivity index (χ1) is 12.1. The summed E-state index contributed by atoms with van der Waals surface area (Å²) in [6, 6.07) is 4.77. The molecule has 0 aliphatic carbocycles. The number of hydrogen-bond acceptors (Lipinski definition) is 5. The minimum atomic E-state index is 0.285. The summed E-state index contributed by atoms with van der Waals surface area (Å²) >= 11 is 3.89. The summed E-state index contributed by atoms with van der Waals surface area (Å²) in [5.74, 6) is 2.19. The Balaban J connectivity index is 1.65. The zero-order valence-corrected chi connectivity index (χ0v) is 17.2. The quantitative estimate of drug-likeness (QED) is 0.640. The Bertz CT molecular complexity index is 555. The maximum absolute atomic E-state index is 5.54. The molecule has 2 aliphatic rings. The van der Waals surface area contributed by atoms with Crippen molar-refractivity contribution in [2.45, 2.75) is 24.6 Å². The fraction of sp³-hybridized carbons (Fsp3) is 0.722. The Kier molecular flexibility index (Phi) is 6.66. The average molecular weight is 383 g/mol. The molecule has 1 N–H and O–H groups in total. The molecular formula is C18H30N4OS2. The second-order valence-corrected chi connectivity index (χ2v) is 9.92. The van der Waals surface area contributed by atoms with Crippen molar-refractivity contribution in [1.29, 1.82) is 0 Å². The van der Waals surface area contributed by atoms with Crippen molar-refractivity contribution in [3.05, 3.63) is 22.4 Å².